The fourth-order valence-corrected chi connectivity index (χ4v) is 4.94. The Kier molecular flexibility index (Phi) is 6.67. The fraction of sp³-hybridized carbons (Fsp3) is 0.208. The van der Waals surface area contributed by atoms with E-state index in [9.17, 15) is 18.0 Å². The first kappa shape index (κ1) is 23.8. The number of hydrogen-bond donors (Lipinski definition) is 1. The number of hydrogen-bond acceptors (Lipinski definition) is 5. The van der Waals surface area contributed by atoms with E-state index in [1.807, 2.05) is 0 Å². The van der Waals surface area contributed by atoms with Gasteiger partial charge in [0.2, 0.25) is 5.91 Å². The molecule has 1 unspecified atom stereocenters. The van der Waals surface area contributed by atoms with Gasteiger partial charge in [0, 0.05) is 24.6 Å². The first-order chi connectivity index (χ1) is 16.1. The Bertz CT molecular complexity index is 1360. The minimum atomic E-state index is -3.52. The third-order valence-electron chi connectivity index (χ3n) is 5.57. The van der Waals surface area contributed by atoms with Crippen LogP contribution in [0.15, 0.2) is 65.7 Å². The highest BCUT2D eigenvalue weighted by Gasteiger charge is 2.32. The summed E-state index contributed by atoms with van der Waals surface area (Å²) in [6.45, 7) is 0.296. The van der Waals surface area contributed by atoms with Crippen molar-refractivity contribution in [1.29, 1.82) is 0 Å². The second-order valence-corrected chi connectivity index (χ2v) is 10.3. The summed E-state index contributed by atoms with van der Waals surface area (Å²) in [5, 5.41) is 2.93. The molecule has 34 heavy (non-hydrogen) atoms. The lowest BCUT2D eigenvalue weighted by atomic mass is 10.0. The van der Waals surface area contributed by atoms with E-state index < -0.39 is 33.5 Å². The smallest absolute Gasteiger partial charge is 0.253 e. The van der Waals surface area contributed by atoms with Crippen LogP contribution in [0.25, 0.3) is 11.1 Å². The van der Waals surface area contributed by atoms with Crippen molar-refractivity contribution in [2.24, 2.45) is 0 Å². The van der Waals surface area contributed by atoms with E-state index >= 15 is 4.39 Å². The third-order valence-corrected chi connectivity index (χ3v) is 6.95. The van der Waals surface area contributed by atoms with Gasteiger partial charge < -0.3 is 10.2 Å². The highest BCUT2D eigenvalue weighted by Crippen LogP contribution is 2.32. The standard InChI is InChI=1S/C24H21ClFN3O4S/c1-34(32,33)21-7-3-2-5-17(21)15-8-10-20(18(26)13-15)29-12-4-6-19(24(29)31)28-23(30)16-9-11-22(25)27-14-16/h2-3,5,7-11,13-14,19H,4,6,12H2,1H3,(H,28,30). The number of carbonyl (C=O) groups is 2. The van der Waals surface area contributed by atoms with Gasteiger partial charge in [-0.1, -0.05) is 35.9 Å². The van der Waals surface area contributed by atoms with Gasteiger partial charge in [-0.3, -0.25) is 9.59 Å². The number of aromatic nitrogens is 1. The Balaban J connectivity index is 1.57. The summed E-state index contributed by atoms with van der Waals surface area (Å²) in [7, 11) is -3.52. The van der Waals surface area contributed by atoms with Crippen LogP contribution < -0.4 is 10.2 Å². The van der Waals surface area contributed by atoms with Gasteiger partial charge in [-0.05, 0) is 48.7 Å². The van der Waals surface area contributed by atoms with E-state index in [2.05, 4.69) is 10.3 Å². The molecule has 0 spiro atoms. The molecule has 176 valence electrons. The Labute approximate surface area is 201 Å². The fourth-order valence-electron chi connectivity index (χ4n) is 3.92. The van der Waals surface area contributed by atoms with Crippen LogP contribution in [-0.4, -0.2) is 44.1 Å². The van der Waals surface area contributed by atoms with Crippen LogP contribution in [0.4, 0.5) is 10.1 Å². The van der Waals surface area contributed by atoms with E-state index in [4.69, 9.17) is 11.6 Å². The summed E-state index contributed by atoms with van der Waals surface area (Å²) in [5.41, 5.74) is 1.08. The Morgan fingerprint density at radius 3 is 2.62 bits per heavy atom. The van der Waals surface area contributed by atoms with E-state index in [1.54, 1.807) is 24.3 Å². The number of anilines is 1. The average molecular weight is 502 g/mol. The largest absolute Gasteiger partial charge is 0.340 e. The van der Waals surface area contributed by atoms with Crippen molar-refractivity contribution in [2.45, 2.75) is 23.8 Å². The highest BCUT2D eigenvalue weighted by molar-refractivity contribution is 7.90. The quantitative estimate of drug-likeness (QED) is 0.535. The van der Waals surface area contributed by atoms with Crippen LogP contribution in [0.5, 0.6) is 0 Å². The third kappa shape index (κ3) is 4.95. The Morgan fingerprint density at radius 2 is 1.94 bits per heavy atom. The molecule has 10 heteroatoms. The molecular weight excluding hydrogens is 481 g/mol. The van der Waals surface area contributed by atoms with Crippen LogP contribution in [0, 0.1) is 5.82 Å². The average Bonchev–Trinajstić information content (AvgIpc) is 2.80. The predicted octanol–water partition coefficient (Wildman–Crippen LogP) is 3.87. The number of pyridine rings is 1. The lowest BCUT2D eigenvalue weighted by molar-refractivity contribution is -0.121. The zero-order valence-corrected chi connectivity index (χ0v) is 19.7. The zero-order chi connectivity index (χ0) is 24.5. The van der Waals surface area contributed by atoms with E-state index in [-0.39, 0.29) is 21.3 Å². The second-order valence-electron chi connectivity index (χ2n) is 7.96. The number of amides is 2. The molecule has 1 aliphatic rings. The van der Waals surface area contributed by atoms with Crippen LogP contribution in [0.2, 0.25) is 5.15 Å². The van der Waals surface area contributed by atoms with E-state index in [0.717, 1.165) is 6.26 Å². The van der Waals surface area contributed by atoms with E-state index in [0.29, 0.717) is 30.5 Å². The number of benzene rings is 2. The van der Waals surface area contributed by atoms with Gasteiger partial charge in [0.05, 0.1) is 16.1 Å². The first-order valence-corrected chi connectivity index (χ1v) is 12.7. The van der Waals surface area contributed by atoms with Gasteiger partial charge in [-0.2, -0.15) is 0 Å². The van der Waals surface area contributed by atoms with Gasteiger partial charge in [0.15, 0.2) is 9.84 Å². The molecule has 1 N–H and O–H groups in total. The van der Waals surface area contributed by atoms with Crippen LogP contribution in [-0.2, 0) is 14.6 Å². The molecule has 4 rings (SSSR count). The van der Waals surface area contributed by atoms with Gasteiger partial charge in [-0.15, -0.1) is 0 Å². The monoisotopic (exact) mass is 501 g/mol. The molecule has 0 saturated carbocycles. The number of nitrogens with zero attached hydrogens (tertiary/aromatic N) is 2. The lowest BCUT2D eigenvalue weighted by Crippen LogP contribution is -2.52. The molecule has 2 heterocycles. The number of rotatable bonds is 5. The number of sulfone groups is 1. The molecule has 1 fully saturated rings. The number of carbonyl (C=O) groups excluding carboxylic acids is 2. The summed E-state index contributed by atoms with van der Waals surface area (Å²) in [6.07, 6.45) is 3.39. The Hall–Kier alpha value is -3.30. The minimum Gasteiger partial charge on any atom is -0.340 e. The maximum absolute atomic E-state index is 15.2. The van der Waals surface area contributed by atoms with E-state index in [1.165, 1.54) is 41.4 Å². The molecular formula is C24H21ClFN3O4S. The molecule has 1 aliphatic heterocycles. The molecule has 1 atom stereocenters. The summed E-state index contributed by atoms with van der Waals surface area (Å²) in [5.74, 6) is -1.56. The molecule has 7 nitrogen and oxygen atoms in total. The maximum Gasteiger partial charge on any atom is 0.253 e. The van der Waals surface area contributed by atoms with Crippen molar-refractivity contribution in [3.8, 4) is 11.1 Å². The Morgan fingerprint density at radius 1 is 1.18 bits per heavy atom. The topological polar surface area (TPSA) is 96.4 Å². The summed E-state index contributed by atoms with van der Waals surface area (Å²) >= 11 is 5.75. The predicted molar refractivity (Wildman–Crippen MR) is 127 cm³/mol. The van der Waals surface area contributed by atoms with Gasteiger partial charge in [0.1, 0.15) is 17.0 Å². The van der Waals surface area contributed by atoms with Crippen molar-refractivity contribution in [2.75, 3.05) is 17.7 Å². The second kappa shape index (κ2) is 9.52. The van der Waals surface area contributed by atoms with Crippen LogP contribution in [0.3, 0.4) is 0 Å². The van der Waals surface area contributed by atoms with Gasteiger partial charge in [-0.25, -0.2) is 17.8 Å². The molecule has 0 bridgehead atoms. The normalized spacial score (nSPS) is 16.4. The molecule has 3 aromatic rings. The van der Waals surface area contributed by atoms with Crippen molar-refractivity contribution >= 4 is 38.9 Å². The molecule has 2 amide bonds. The van der Waals surface area contributed by atoms with Crippen molar-refractivity contribution in [3.63, 3.8) is 0 Å². The highest BCUT2D eigenvalue weighted by atomic mass is 35.5. The van der Waals surface area contributed by atoms with Crippen molar-refractivity contribution in [3.05, 3.63) is 77.3 Å². The van der Waals surface area contributed by atoms with Gasteiger partial charge in [0.25, 0.3) is 5.91 Å². The molecule has 1 saturated heterocycles. The van der Waals surface area contributed by atoms with Crippen LogP contribution >= 0.6 is 11.6 Å². The number of halogens is 2. The maximum atomic E-state index is 15.2. The minimum absolute atomic E-state index is 0.0673. The SMILES string of the molecule is CS(=O)(=O)c1ccccc1-c1ccc(N2CCCC(NC(=O)c3ccc(Cl)nc3)C2=O)c(F)c1. The molecule has 2 aromatic carbocycles. The van der Waals surface area contributed by atoms with Crippen molar-refractivity contribution < 1.29 is 22.4 Å². The lowest BCUT2D eigenvalue weighted by Gasteiger charge is -2.33. The first-order valence-electron chi connectivity index (χ1n) is 10.5. The zero-order valence-electron chi connectivity index (χ0n) is 18.2. The summed E-state index contributed by atoms with van der Waals surface area (Å²) in [6, 6.07) is 12.8. The molecule has 1 aromatic heterocycles. The van der Waals surface area contributed by atoms with Crippen LogP contribution in [0.1, 0.15) is 23.2 Å². The summed E-state index contributed by atoms with van der Waals surface area (Å²) in [4.78, 5) is 30.8. The summed E-state index contributed by atoms with van der Waals surface area (Å²) < 4.78 is 39.4. The number of nitrogens with one attached hydrogen (secondary N) is 1. The molecule has 0 radical (unpaired) electrons. The number of piperidine rings is 1. The molecule has 0 aliphatic carbocycles. The van der Waals surface area contributed by atoms with Crippen molar-refractivity contribution in [1.82, 2.24) is 10.3 Å². The van der Waals surface area contributed by atoms with Gasteiger partial charge >= 0.3 is 0 Å².